The van der Waals surface area contributed by atoms with Gasteiger partial charge >= 0.3 is 0 Å². The number of carbonyl (C=O) groups is 1. The first-order chi connectivity index (χ1) is 19.9. The van der Waals surface area contributed by atoms with E-state index in [1.165, 1.54) is 6.07 Å². The highest BCUT2D eigenvalue weighted by Gasteiger charge is 2.30. The molecule has 1 saturated carbocycles. The molecule has 2 fully saturated rings. The molecule has 0 spiro atoms. The number of pyridine rings is 2. The lowest BCUT2D eigenvalue weighted by molar-refractivity contribution is -0.117. The predicted molar refractivity (Wildman–Crippen MR) is 158 cm³/mol. The van der Waals surface area contributed by atoms with Crippen molar-refractivity contribution in [2.45, 2.75) is 12.8 Å². The Balaban J connectivity index is 1.29. The minimum absolute atomic E-state index is 0.0151. The molecule has 210 valence electrons. The highest BCUT2D eigenvalue weighted by atomic mass is 19.1. The van der Waals surface area contributed by atoms with Crippen molar-refractivity contribution in [3.05, 3.63) is 66.1 Å². The number of likely N-dealkylation sites (N-methyl/N-ethyl adjacent to an activating group) is 1. The fraction of sp³-hybridized carbons (Fsp3) is 0.333. The van der Waals surface area contributed by atoms with Crippen LogP contribution in [-0.2, 0) is 4.79 Å². The average molecular weight is 554 g/mol. The molecule has 4 aromatic rings. The van der Waals surface area contributed by atoms with Crippen LogP contribution in [0.25, 0.3) is 27.9 Å². The van der Waals surface area contributed by atoms with Gasteiger partial charge in [0.2, 0.25) is 5.91 Å². The molecule has 0 unspecified atom stereocenters. The molecular formula is C30H32FN9O. The fourth-order valence-electron chi connectivity index (χ4n) is 5.56. The number of nitrogens with zero attached hydrogens (tertiary/aromatic N) is 6. The summed E-state index contributed by atoms with van der Waals surface area (Å²) in [4.78, 5) is 34.3. The number of halogens is 1. The van der Waals surface area contributed by atoms with E-state index >= 15 is 4.39 Å². The number of imidazole rings is 1. The van der Waals surface area contributed by atoms with E-state index < -0.39 is 0 Å². The van der Waals surface area contributed by atoms with Crippen LogP contribution in [0.1, 0.15) is 24.2 Å². The van der Waals surface area contributed by atoms with Crippen LogP contribution in [0.2, 0.25) is 0 Å². The number of hydrogen-bond acceptors (Lipinski definition) is 8. The third-order valence-electron chi connectivity index (χ3n) is 8.11. The molecular weight excluding hydrogens is 521 g/mol. The summed E-state index contributed by atoms with van der Waals surface area (Å²) in [5, 5.41) is 4.74. The normalized spacial score (nSPS) is 17.8. The summed E-state index contributed by atoms with van der Waals surface area (Å²) < 4.78 is 15.7. The first-order valence-electron chi connectivity index (χ1n) is 14.0. The summed E-state index contributed by atoms with van der Waals surface area (Å²) in [6, 6.07) is 7.18. The molecule has 11 heteroatoms. The first-order valence-corrected chi connectivity index (χ1v) is 14.0. The lowest BCUT2D eigenvalue weighted by atomic mass is 9.96. The van der Waals surface area contributed by atoms with E-state index in [4.69, 9.17) is 4.98 Å². The lowest BCUT2D eigenvalue weighted by Gasteiger charge is -2.34. The number of aromatic amines is 1. The van der Waals surface area contributed by atoms with Crippen LogP contribution >= 0.6 is 0 Å². The van der Waals surface area contributed by atoms with Gasteiger partial charge < -0.3 is 25.1 Å². The van der Waals surface area contributed by atoms with Gasteiger partial charge in [-0.15, -0.1) is 0 Å². The summed E-state index contributed by atoms with van der Waals surface area (Å²) in [5.41, 5.74) is 9.83. The molecule has 41 heavy (non-hydrogen) atoms. The number of H-pyrrole nitrogens is 1. The van der Waals surface area contributed by atoms with Crippen LogP contribution in [0.3, 0.4) is 0 Å². The van der Waals surface area contributed by atoms with Crippen LogP contribution in [0.5, 0.6) is 0 Å². The quantitative estimate of drug-likeness (QED) is 0.344. The Labute approximate surface area is 237 Å². The summed E-state index contributed by atoms with van der Waals surface area (Å²) in [6.45, 7) is 4.39. The summed E-state index contributed by atoms with van der Waals surface area (Å²) in [7, 11) is 4.01. The second-order valence-electron chi connectivity index (χ2n) is 11.0. The predicted octanol–water partition coefficient (Wildman–Crippen LogP) is 3.65. The molecule has 0 atom stereocenters. The highest BCUT2D eigenvalue weighted by Crippen LogP contribution is 2.38. The molecule has 0 bridgehead atoms. The zero-order valence-electron chi connectivity index (χ0n) is 23.1. The van der Waals surface area contributed by atoms with Crippen molar-refractivity contribution < 1.29 is 9.18 Å². The van der Waals surface area contributed by atoms with Crippen LogP contribution < -0.4 is 20.7 Å². The molecule has 3 N–H and O–H groups in total. The number of piperazine rings is 1. The number of amides is 1. The van der Waals surface area contributed by atoms with E-state index in [-0.39, 0.29) is 17.6 Å². The Morgan fingerprint density at radius 2 is 1.88 bits per heavy atom. The second-order valence-corrected chi connectivity index (χ2v) is 11.0. The Morgan fingerprint density at radius 3 is 2.68 bits per heavy atom. The number of aromatic nitrogens is 4. The topological polar surface area (TPSA) is 105 Å². The minimum atomic E-state index is -0.380. The monoisotopic (exact) mass is 553 g/mol. The zero-order chi connectivity index (χ0) is 28.1. The third-order valence-corrected chi connectivity index (χ3v) is 8.11. The van der Waals surface area contributed by atoms with Crippen molar-refractivity contribution in [3.8, 4) is 11.1 Å². The van der Waals surface area contributed by atoms with Crippen molar-refractivity contribution in [2.24, 2.45) is 5.92 Å². The van der Waals surface area contributed by atoms with Gasteiger partial charge in [0.05, 0.1) is 23.3 Å². The second kappa shape index (κ2) is 10.2. The molecule has 7 rings (SSSR count). The first kappa shape index (κ1) is 25.6. The molecule has 1 saturated heterocycles. The van der Waals surface area contributed by atoms with Gasteiger partial charge in [-0.05, 0) is 44.2 Å². The number of rotatable bonds is 5. The maximum absolute atomic E-state index is 15.7. The maximum atomic E-state index is 15.7. The van der Waals surface area contributed by atoms with E-state index in [0.29, 0.717) is 40.5 Å². The van der Waals surface area contributed by atoms with E-state index in [1.807, 2.05) is 24.2 Å². The van der Waals surface area contributed by atoms with Crippen molar-refractivity contribution in [1.29, 1.82) is 0 Å². The molecule has 3 aromatic heterocycles. The fourth-order valence-corrected chi connectivity index (χ4v) is 5.56. The van der Waals surface area contributed by atoms with Gasteiger partial charge in [-0.1, -0.05) is 6.08 Å². The Bertz CT molecular complexity index is 1670. The van der Waals surface area contributed by atoms with E-state index in [1.54, 1.807) is 24.7 Å². The number of nitrogens with one attached hydrogen (secondary N) is 3. The molecule has 1 aliphatic carbocycles. The number of carbonyl (C=O) groups excluding carboxylic acids is 1. The van der Waals surface area contributed by atoms with Gasteiger partial charge in [0.1, 0.15) is 17.2 Å². The van der Waals surface area contributed by atoms with E-state index in [0.717, 1.165) is 61.4 Å². The zero-order valence-corrected chi connectivity index (χ0v) is 23.1. The number of benzene rings is 1. The van der Waals surface area contributed by atoms with Crippen LogP contribution in [0.4, 0.5) is 21.5 Å². The minimum Gasteiger partial charge on any atom is -0.367 e. The van der Waals surface area contributed by atoms with Crippen LogP contribution in [0.15, 0.2) is 48.9 Å². The number of hydrazine groups is 1. The van der Waals surface area contributed by atoms with Gasteiger partial charge in [-0.3, -0.25) is 9.78 Å². The van der Waals surface area contributed by atoms with Crippen molar-refractivity contribution >= 4 is 39.7 Å². The Morgan fingerprint density at radius 1 is 1.05 bits per heavy atom. The molecule has 0 radical (unpaired) electrons. The smallest absolute Gasteiger partial charge is 0.227 e. The molecule has 5 heterocycles. The highest BCUT2D eigenvalue weighted by molar-refractivity contribution is 5.95. The molecule has 10 nitrogen and oxygen atoms in total. The van der Waals surface area contributed by atoms with Gasteiger partial charge in [0, 0.05) is 80.3 Å². The molecule has 3 aliphatic rings. The Hall–Kier alpha value is -4.35. The van der Waals surface area contributed by atoms with Crippen molar-refractivity contribution in [2.75, 3.05) is 62.0 Å². The number of anilines is 3. The Kier molecular flexibility index (Phi) is 6.40. The molecule has 1 aromatic carbocycles. The SMILES string of the molecule is CN1CCN(c2ccnc3nc(C4=CCNN(C)c5cc(F)c(-c6cncc(NC(=O)C7CC7)c6)cc54)[nH]c23)CC1. The van der Waals surface area contributed by atoms with Crippen molar-refractivity contribution in [1.82, 2.24) is 30.3 Å². The van der Waals surface area contributed by atoms with Gasteiger partial charge in [-0.25, -0.2) is 19.8 Å². The average Bonchev–Trinajstić information content (AvgIpc) is 3.76. The lowest BCUT2D eigenvalue weighted by Crippen LogP contribution is -2.44. The maximum Gasteiger partial charge on any atom is 0.227 e. The van der Waals surface area contributed by atoms with Gasteiger partial charge in [-0.2, -0.15) is 0 Å². The number of hydrogen-bond donors (Lipinski definition) is 3. The summed E-state index contributed by atoms with van der Waals surface area (Å²) in [5.74, 6) is 0.343. The van der Waals surface area contributed by atoms with Crippen LogP contribution in [-0.4, -0.2) is 77.6 Å². The van der Waals surface area contributed by atoms with Crippen molar-refractivity contribution in [3.63, 3.8) is 0 Å². The third kappa shape index (κ3) is 4.91. The van der Waals surface area contributed by atoms with Gasteiger partial charge in [0.25, 0.3) is 0 Å². The molecule has 2 aliphatic heterocycles. The van der Waals surface area contributed by atoms with Crippen LogP contribution in [0, 0.1) is 11.7 Å². The summed E-state index contributed by atoms with van der Waals surface area (Å²) in [6.07, 6.45) is 8.88. The largest absolute Gasteiger partial charge is 0.367 e. The standard InChI is InChI=1S/C30H32FN9O/c1-38-9-11-40(12-10-38)25-6-7-33-29-27(25)36-28(37-29)21-5-8-34-39(2)26-15-24(31)22(14-23(21)26)19-13-20(17-32-16-19)35-30(41)18-3-4-18/h5-7,13-18,34H,3-4,8-12H2,1-2H3,(H,35,41)(H,33,36,37). The van der Waals surface area contributed by atoms with E-state index in [9.17, 15) is 4.79 Å². The van der Waals surface area contributed by atoms with E-state index in [2.05, 4.69) is 48.6 Å². The van der Waals surface area contributed by atoms with Gasteiger partial charge in [0.15, 0.2) is 5.65 Å². The summed E-state index contributed by atoms with van der Waals surface area (Å²) >= 11 is 0. The number of fused-ring (bicyclic) bond motifs is 2. The molecule has 1 amide bonds.